The standard InChI is InChI=1S/C11H14BCl2NO2/c1-10(2)11(3,4)17-12(16-10)7-5-8(13)9(14)15-6-7/h5-6H,1-4H3. The number of pyridine rings is 1. The molecular formula is C11H14BCl2NO2. The zero-order valence-corrected chi connectivity index (χ0v) is 11.8. The van der Waals surface area contributed by atoms with Crippen LogP contribution in [0.25, 0.3) is 0 Å². The van der Waals surface area contributed by atoms with E-state index < -0.39 is 7.12 Å². The van der Waals surface area contributed by atoms with Crippen LogP contribution in [0, 0.1) is 0 Å². The molecular weight excluding hydrogens is 260 g/mol. The van der Waals surface area contributed by atoms with Gasteiger partial charge in [0.2, 0.25) is 0 Å². The lowest BCUT2D eigenvalue weighted by Crippen LogP contribution is -2.41. The highest BCUT2D eigenvalue weighted by atomic mass is 35.5. The van der Waals surface area contributed by atoms with Gasteiger partial charge in [0.1, 0.15) is 5.15 Å². The smallest absolute Gasteiger partial charge is 0.399 e. The Bertz CT molecular complexity index is 435. The van der Waals surface area contributed by atoms with Crippen LogP contribution in [0.15, 0.2) is 12.3 Å². The highest BCUT2D eigenvalue weighted by Crippen LogP contribution is 2.36. The lowest BCUT2D eigenvalue weighted by atomic mass is 9.80. The van der Waals surface area contributed by atoms with E-state index in [-0.39, 0.29) is 16.4 Å². The SMILES string of the molecule is CC1(C)OB(c2cnc(Cl)c(Cl)c2)OC1(C)C. The van der Waals surface area contributed by atoms with Crippen molar-refractivity contribution in [3.8, 4) is 0 Å². The van der Waals surface area contributed by atoms with Crippen molar-refractivity contribution in [1.29, 1.82) is 0 Å². The fourth-order valence-electron chi connectivity index (χ4n) is 1.54. The van der Waals surface area contributed by atoms with Crippen molar-refractivity contribution in [3.05, 3.63) is 22.4 Å². The Hall–Kier alpha value is -0.285. The molecule has 3 nitrogen and oxygen atoms in total. The minimum absolute atomic E-state index is 0.284. The molecule has 6 heteroatoms. The second kappa shape index (κ2) is 4.13. The van der Waals surface area contributed by atoms with Crippen molar-refractivity contribution in [3.63, 3.8) is 0 Å². The lowest BCUT2D eigenvalue weighted by Gasteiger charge is -2.32. The molecule has 2 rings (SSSR count). The number of aromatic nitrogens is 1. The zero-order valence-electron chi connectivity index (χ0n) is 10.3. The number of rotatable bonds is 1. The first-order valence-electron chi connectivity index (χ1n) is 5.39. The van der Waals surface area contributed by atoms with Gasteiger partial charge in [-0.1, -0.05) is 23.2 Å². The van der Waals surface area contributed by atoms with Gasteiger partial charge in [-0.25, -0.2) is 4.98 Å². The maximum Gasteiger partial charge on any atom is 0.496 e. The van der Waals surface area contributed by atoms with E-state index in [0.717, 1.165) is 5.46 Å². The topological polar surface area (TPSA) is 31.4 Å². The van der Waals surface area contributed by atoms with Crippen LogP contribution < -0.4 is 5.46 Å². The first-order chi connectivity index (χ1) is 7.73. The first kappa shape index (κ1) is 13.2. The van der Waals surface area contributed by atoms with Gasteiger partial charge in [0.25, 0.3) is 0 Å². The Morgan fingerprint density at radius 3 is 2.12 bits per heavy atom. The Morgan fingerprint density at radius 1 is 1.12 bits per heavy atom. The summed E-state index contributed by atoms with van der Waals surface area (Å²) >= 11 is 11.7. The van der Waals surface area contributed by atoms with E-state index in [0.29, 0.717) is 5.02 Å². The van der Waals surface area contributed by atoms with Gasteiger partial charge in [0.05, 0.1) is 16.2 Å². The molecule has 17 heavy (non-hydrogen) atoms. The number of nitrogens with zero attached hydrogens (tertiary/aromatic N) is 1. The molecule has 1 aliphatic heterocycles. The normalized spacial score (nSPS) is 21.9. The summed E-state index contributed by atoms with van der Waals surface area (Å²) in [7, 11) is -0.456. The van der Waals surface area contributed by atoms with Crippen LogP contribution >= 0.6 is 23.2 Å². The summed E-state index contributed by atoms with van der Waals surface area (Å²) < 4.78 is 11.8. The molecule has 0 N–H and O–H groups in total. The van der Waals surface area contributed by atoms with Gasteiger partial charge in [-0.05, 0) is 33.8 Å². The number of hydrogen-bond donors (Lipinski definition) is 0. The Morgan fingerprint density at radius 2 is 1.65 bits per heavy atom. The summed E-state index contributed by atoms with van der Waals surface area (Å²) in [5.41, 5.74) is 0.0335. The summed E-state index contributed by atoms with van der Waals surface area (Å²) in [5.74, 6) is 0. The van der Waals surface area contributed by atoms with Crippen LogP contribution in [0.2, 0.25) is 10.2 Å². The fourth-order valence-corrected chi connectivity index (χ4v) is 1.82. The molecule has 0 atom stereocenters. The van der Waals surface area contributed by atoms with E-state index in [2.05, 4.69) is 4.98 Å². The minimum Gasteiger partial charge on any atom is -0.399 e. The predicted octanol–water partition coefficient (Wildman–Crippen LogP) is 2.69. The van der Waals surface area contributed by atoms with Crippen molar-refractivity contribution in [2.24, 2.45) is 0 Å². The Balaban J connectivity index is 2.29. The fraction of sp³-hybridized carbons (Fsp3) is 0.545. The maximum atomic E-state index is 5.93. The summed E-state index contributed by atoms with van der Waals surface area (Å²) in [4.78, 5) is 3.99. The van der Waals surface area contributed by atoms with E-state index in [1.54, 1.807) is 12.3 Å². The van der Waals surface area contributed by atoms with Crippen molar-refractivity contribution >= 4 is 35.8 Å². The van der Waals surface area contributed by atoms with E-state index >= 15 is 0 Å². The number of hydrogen-bond acceptors (Lipinski definition) is 3. The molecule has 1 aromatic heterocycles. The zero-order chi connectivity index (χ0) is 12.8. The van der Waals surface area contributed by atoms with Gasteiger partial charge in [0, 0.05) is 11.7 Å². The second-order valence-electron chi connectivity index (χ2n) is 5.13. The lowest BCUT2D eigenvalue weighted by molar-refractivity contribution is 0.00578. The summed E-state index contributed by atoms with van der Waals surface area (Å²) in [6, 6.07) is 1.72. The highest BCUT2D eigenvalue weighted by Gasteiger charge is 2.51. The highest BCUT2D eigenvalue weighted by molar-refractivity contribution is 6.62. The van der Waals surface area contributed by atoms with Gasteiger partial charge >= 0.3 is 7.12 Å². The van der Waals surface area contributed by atoms with Crippen molar-refractivity contribution in [2.45, 2.75) is 38.9 Å². The van der Waals surface area contributed by atoms with E-state index in [9.17, 15) is 0 Å². The van der Waals surface area contributed by atoms with Gasteiger partial charge in [-0.15, -0.1) is 0 Å². The largest absolute Gasteiger partial charge is 0.496 e. The number of halogens is 2. The predicted molar refractivity (Wildman–Crippen MR) is 70.0 cm³/mol. The van der Waals surface area contributed by atoms with Crippen LogP contribution in [0.3, 0.4) is 0 Å². The average Bonchev–Trinajstić information content (AvgIpc) is 2.41. The molecule has 0 unspecified atom stereocenters. The van der Waals surface area contributed by atoms with Gasteiger partial charge < -0.3 is 9.31 Å². The quantitative estimate of drug-likeness (QED) is 0.582. The van der Waals surface area contributed by atoms with Crippen molar-refractivity contribution in [2.75, 3.05) is 0 Å². The average molecular weight is 274 g/mol. The molecule has 92 valence electrons. The third kappa shape index (κ3) is 2.32. The Labute approximate surface area is 112 Å². The van der Waals surface area contributed by atoms with Crippen LogP contribution in [0.1, 0.15) is 27.7 Å². The third-order valence-electron chi connectivity index (χ3n) is 3.34. The van der Waals surface area contributed by atoms with E-state index in [1.807, 2.05) is 27.7 Å². The van der Waals surface area contributed by atoms with E-state index in [4.69, 9.17) is 32.5 Å². The van der Waals surface area contributed by atoms with Gasteiger partial charge in [0.15, 0.2) is 0 Å². The molecule has 0 bridgehead atoms. The van der Waals surface area contributed by atoms with E-state index in [1.165, 1.54) is 0 Å². The van der Waals surface area contributed by atoms with Gasteiger partial charge in [-0.3, -0.25) is 0 Å². The summed E-state index contributed by atoms with van der Waals surface area (Å²) in [5, 5.41) is 0.686. The van der Waals surface area contributed by atoms with Crippen LogP contribution in [0.5, 0.6) is 0 Å². The van der Waals surface area contributed by atoms with Gasteiger partial charge in [-0.2, -0.15) is 0 Å². The molecule has 1 aliphatic rings. The molecule has 0 amide bonds. The molecule has 1 aromatic rings. The molecule has 0 saturated carbocycles. The monoisotopic (exact) mass is 273 g/mol. The molecule has 0 spiro atoms. The summed E-state index contributed by atoms with van der Waals surface area (Å²) in [6.45, 7) is 7.99. The molecule has 0 radical (unpaired) electrons. The second-order valence-corrected chi connectivity index (χ2v) is 5.89. The first-order valence-corrected chi connectivity index (χ1v) is 6.15. The molecule has 0 aromatic carbocycles. The van der Waals surface area contributed by atoms with Crippen molar-refractivity contribution in [1.82, 2.24) is 4.98 Å². The molecule has 0 aliphatic carbocycles. The Kier molecular flexibility index (Phi) is 3.19. The summed E-state index contributed by atoms with van der Waals surface area (Å²) in [6.07, 6.45) is 1.62. The maximum absolute atomic E-state index is 5.93. The molecule has 1 fully saturated rings. The van der Waals surface area contributed by atoms with Crippen LogP contribution in [-0.2, 0) is 9.31 Å². The third-order valence-corrected chi connectivity index (χ3v) is 4.03. The minimum atomic E-state index is -0.456. The van der Waals surface area contributed by atoms with Crippen molar-refractivity contribution < 1.29 is 9.31 Å². The van der Waals surface area contributed by atoms with Crippen LogP contribution in [0.4, 0.5) is 0 Å². The molecule has 1 saturated heterocycles. The molecule has 2 heterocycles. The van der Waals surface area contributed by atoms with Crippen LogP contribution in [-0.4, -0.2) is 23.3 Å².